The van der Waals surface area contributed by atoms with Crippen LogP contribution in [-0.4, -0.2) is 58.6 Å². The fourth-order valence-electron chi connectivity index (χ4n) is 6.15. The fourth-order valence-corrected chi connectivity index (χ4v) is 6.32. The van der Waals surface area contributed by atoms with Crippen LogP contribution < -0.4 is 10.2 Å². The van der Waals surface area contributed by atoms with E-state index in [0.29, 0.717) is 30.6 Å². The van der Waals surface area contributed by atoms with Crippen LogP contribution in [0, 0.1) is 11.7 Å². The van der Waals surface area contributed by atoms with Crippen molar-refractivity contribution in [1.82, 2.24) is 4.90 Å². The number of oxime groups is 1. The summed E-state index contributed by atoms with van der Waals surface area (Å²) in [7, 11) is 0. The standard InChI is InChI=1S/C33H30ClFN4O6/c1-18-12-14-38(28(40)16-18)26-7-3-4-22-21(26)13-15-39(30(22)31(41)36-20-10-8-19(9-11-20)33(43)44)32(42)27-17-25(37-45-27)23-5-2-6-24(34)29(23)35/h2-11,18,27,30H,12-17H2,1H3,(H,36,41)(H,43,44). The van der Waals surface area contributed by atoms with Crippen molar-refractivity contribution in [2.75, 3.05) is 23.3 Å². The van der Waals surface area contributed by atoms with Gasteiger partial charge in [-0.3, -0.25) is 14.4 Å². The number of rotatable bonds is 6. The van der Waals surface area contributed by atoms with E-state index in [4.69, 9.17) is 16.4 Å². The van der Waals surface area contributed by atoms with E-state index in [1.165, 1.54) is 41.3 Å². The Hall–Kier alpha value is -4.77. The Bertz CT molecular complexity index is 1730. The number of hydrogen-bond acceptors (Lipinski definition) is 6. The van der Waals surface area contributed by atoms with Gasteiger partial charge in [-0.15, -0.1) is 0 Å². The maximum Gasteiger partial charge on any atom is 0.335 e. The summed E-state index contributed by atoms with van der Waals surface area (Å²) in [6.45, 7) is 2.75. The van der Waals surface area contributed by atoms with Crippen molar-refractivity contribution >= 4 is 52.4 Å². The predicted molar refractivity (Wildman–Crippen MR) is 165 cm³/mol. The molecule has 45 heavy (non-hydrogen) atoms. The van der Waals surface area contributed by atoms with Crippen molar-refractivity contribution in [1.29, 1.82) is 0 Å². The maximum absolute atomic E-state index is 14.7. The van der Waals surface area contributed by atoms with Gasteiger partial charge < -0.3 is 25.1 Å². The minimum atomic E-state index is -1.10. The fraction of sp³-hybridized carbons (Fsp3) is 0.303. The first-order valence-electron chi connectivity index (χ1n) is 14.7. The molecule has 3 aromatic rings. The third kappa shape index (κ3) is 5.87. The lowest BCUT2D eigenvalue weighted by atomic mass is 9.88. The van der Waals surface area contributed by atoms with Crippen LogP contribution in [0.1, 0.15) is 59.3 Å². The van der Waals surface area contributed by atoms with Crippen LogP contribution in [0.15, 0.2) is 65.8 Å². The second-order valence-electron chi connectivity index (χ2n) is 11.5. The average molecular weight is 633 g/mol. The highest BCUT2D eigenvalue weighted by Crippen LogP contribution is 2.39. The summed E-state index contributed by atoms with van der Waals surface area (Å²) in [6, 6.07) is 14.5. The number of carbonyl (C=O) groups excluding carboxylic acids is 3. The number of anilines is 2. The number of halogens is 2. The molecule has 0 bridgehead atoms. The van der Waals surface area contributed by atoms with E-state index in [-0.39, 0.29) is 46.7 Å². The van der Waals surface area contributed by atoms with Crippen LogP contribution in [0.2, 0.25) is 5.02 Å². The molecule has 12 heteroatoms. The zero-order valence-corrected chi connectivity index (χ0v) is 25.1. The van der Waals surface area contributed by atoms with E-state index in [0.717, 1.165) is 17.7 Å². The summed E-state index contributed by atoms with van der Waals surface area (Å²) in [5.41, 5.74) is 2.85. The van der Waals surface area contributed by atoms with Crippen molar-refractivity contribution in [3.63, 3.8) is 0 Å². The van der Waals surface area contributed by atoms with Crippen molar-refractivity contribution in [3.05, 3.63) is 93.8 Å². The van der Waals surface area contributed by atoms with Gasteiger partial charge in [0, 0.05) is 42.9 Å². The number of carboxylic acid groups (broad SMARTS) is 1. The van der Waals surface area contributed by atoms with Gasteiger partial charge in [0.1, 0.15) is 6.04 Å². The summed E-state index contributed by atoms with van der Waals surface area (Å²) >= 11 is 5.95. The predicted octanol–water partition coefficient (Wildman–Crippen LogP) is 5.20. The van der Waals surface area contributed by atoms with E-state index in [1.54, 1.807) is 23.1 Å². The molecule has 0 saturated carbocycles. The summed E-state index contributed by atoms with van der Waals surface area (Å²) in [6.07, 6.45) is 0.546. The summed E-state index contributed by atoms with van der Waals surface area (Å²) in [5, 5.41) is 16.0. The number of carbonyl (C=O) groups is 4. The maximum atomic E-state index is 14.7. The van der Waals surface area contributed by atoms with Gasteiger partial charge in [-0.2, -0.15) is 0 Å². The second kappa shape index (κ2) is 12.3. The zero-order valence-electron chi connectivity index (χ0n) is 24.3. The van der Waals surface area contributed by atoms with Gasteiger partial charge in [0.05, 0.1) is 16.3 Å². The molecule has 232 valence electrons. The summed E-state index contributed by atoms with van der Waals surface area (Å²) in [5.74, 6) is -2.50. The smallest absolute Gasteiger partial charge is 0.335 e. The third-order valence-electron chi connectivity index (χ3n) is 8.49. The monoisotopic (exact) mass is 632 g/mol. The second-order valence-corrected chi connectivity index (χ2v) is 11.9. The quantitative estimate of drug-likeness (QED) is 0.385. The number of nitrogens with zero attached hydrogens (tertiary/aromatic N) is 3. The first kappa shape index (κ1) is 30.3. The highest BCUT2D eigenvalue weighted by molar-refractivity contribution is 6.31. The number of piperidine rings is 1. The molecule has 3 heterocycles. The van der Waals surface area contributed by atoms with Crippen LogP contribution in [0.25, 0.3) is 0 Å². The van der Waals surface area contributed by atoms with Crippen LogP contribution in [0.3, 0.4) is 0 Å². The average Bonchev–Trinajstić information content (AvgIpc) is 3.51. The molecular weight excluding hydrogens is 603 g/mol. The molecule has 6 rings (SSSR count). The zero-order chi connectivity index (χ0) is 31.8. The van der Waals surface area contributed by atoms with Crippen LogP contribution >= 0.6 is 11.6 Å². The number of benzene rings is 3. The number of aromatic carboxylic acids is 1. The Balaban J connectivity index is 1.32. The number of nitrogens with one attached hydrogen (secondary N) is 1. The Labute approximate surface area is 263 Å². The van der Waals surface area contributed by atoms with Crippen molar-refractivity contribution in [2.24, 2.45) is 11.1 Å². The lowest BCUT2D eigenvalue weighted by Gasteiger charge is -2.39. The molecular formula is C33H30ClFN4O6. The largest absolute Gasteiger partial charge is 0.478 e. The number of amides is 3. The van der Waals surface area contributed by atoms with E-state index in [2.05, 4.69) is 10.5 Å². The Morgan fingerprint density at radius 3 is 2.53 bits per heavy atom. The van der Waals surface area contributed by atoms with E-state index >= 15 is 0 Å². The first-order chi connectivity index (χ1) is 21.6. The lowest BCUT2D eigenvalue weighted by molar-refractivity contribution is -0.148. The number of carboxylic acids is 1. The topological polar surface area (TPSA) is 129 Å². The number of fused-ring (bicyclic) bond motifs is 1. The third-order valence-corrected chi connectivity index (χ3v) is 8.79. The molecule has 3 aliphatic heterocycles. The van der Waals surface area contributed by atoms with E-state index in [9.17, 15) is 28.7 Å². The van der Waals surface area contributed by atoms with Gasteiger partial charge in [-0.25, -0.2) is 9.18 Å². The molecule has 10 nitrogen and oxygen atoms in total. The Kier molecular flexibility index (Phi) is 8.28. The van der Waals surface area contributed by atoms with Gasteiger partial charge in [0.25, 0.3) is 11.8 Å². The molecule has 0 aromatic heterocycles. The molecule has 1 fully saturated rings. The lowest BCUT2D eigenvalue weighted by Crippen LogP contribution is -2.49. The Morgan fingerprint density at radius 1 is 1.04 bits per heavy atom. The van der Waals surface area contributed by atoms with E-state index in [1.807, 2.05) is 13.0 Å². The molecule has 2 N–H and O–H groups in total. The SMILES string of the molecule is CC1CCN(c2cccc3c2CCN(C(=O)C2CC(c4cccc(Cl)c4F)=NO2)C3C(=O)Nc2ccc(C(=O)O)cc2)C(=O)C1. The molecule has 3 amide bonds. The first-order valence-corrected chi connectivity index (χ1v) is 15.0. The molecule has 1 saturated heterocycles. The number of hydrogen-bond donors (Lipinski definition) is 2. The minimum absolute atomic E-state index is 0.0115. The van der Waals surface area contributed by atoms with Crippen molar-refractivity contribution in [2.45, 2.75) is 44.8 Å². The molecule has 3 aliphatic rings. The van der Waals surface area contributed by atoms with Crippen molar-refractivity contribution < 1.29 is 33.5 Å². The van der Waals surface area contributed by atoms with Crippen molar-refractivity contribution in [3.8, 4) is 0 Å². The highest BCUT2D eigenvalue weighted by atomic mass is 35.5. The highest BCUT2D eigenvalue weighted by Gasteiger charge is 2.43. The molecule has 0 aliphatic carbocycles. The summed E-state index contributed by atoms with van der Waals surface area (Å²) < 4.78 is 14.7. The molecule has 0 radical (unpaired) electrons. The van der Waals surface area contributed by atoms with Gasteiger partial charge in [-0.1, -0.05) is 41.9 Å². The van der Waals surface area contributed by atoms with Gasteiger partial charge >= 0.3 is 5.97 Å². The molecule has 3 unspecified atom stereocenters. The van der Waals surface area contributed by atoms with Crippen LogP contribution in [0.4, 0.5) is 15.8 Å². The van der Waals surface area contributed by atoms with Gasteiger partial charge in [-0.05, 0) is 72.4 Å². The minimum Gasteiger partial charge on any atom is -0.478 e. The van der Waals surface area contributed by atoms with Crippen LogP contribution in [-0.2, 0) is 25.6 Å². The van der Waals surface area contributed by atoms with Gasteiger partial charge in [0.15, 0.2) is 5.82 Å². The Morgan fingerprint density at radius 2 is 1.80 bits per heavy atom. The normalized spacial score (nSPS) is 21.1. The van der Waals surface area contributed by atoms with E-state index < -0.39 is 35.7 Å². The van der Waals surface area contributed by atoms with Crippen LogP contribution in [0.5, 0.6) is 0 Å². The van der Waals surface area contributed by atoms with Gasteiger partial charge in [0.2, 0.25) is 12.0 Å². The summed E-state index contributed by atoms with van der Waals surface area (Å²) in [4.78, 5) is 61.0. The molecule has 3 aromatic carbocycles. The molecule has 0 spiro atoms. The molecule has 3 atom stereocenters.